The summed E-state index contributed by atoms with van der Waals surface area (Å²) in [5, 5.41) is 4.30. The van der Waals surface area contributed by atoms with Gasteiger partial charge in [-0.2, -0.15) is 16.9 Å². The van der Waals surface area contributed by atoms with Gasteiger partial charge in [-0.05, 0) is 19.1 Å². The van der Waals surface area contributed by atoms with E-state index in [1.54, 1.807) is 18.0 Å². The van der Waals surface area contributed by atoms with Crippen molar-refractivity contribution in [2.24, 2.45) is 0 Å². The molecular weight excluding hydrogens is 248 g/mol. The van der Waals surface area contributed by atoms with E-state index in [1.165, 1.54) is 32.1 Å². The molecule has 0 unspecified atom stereocenters. The molecule has 0 N–H and O–H groups in total. The first kappa shape index (κ1) is 13.5. The first-order valence-corrected chi connectivity index (χ1v) is 7.91. The molecule has 0 atom stereocenters. The normalized spacial score (nSPS) is 16.7. The summed E-state index contributed by atoms with van der Waals surface area (Å²) in [5.74, 6) is 0.578. The number of carbonyl (C=O) groups is 1. The predicted molar refractivity (Wildman–Crippen MR) is 73.0 cm³/mol. The van der Waals surface area contributed by atoms with Crippen LogP contribution in [0, 0.1) is 0 Å². The molecule has 0 amide bonds. The fourth-order valence-electron chi connectivity index (χ4n) is 2.29. The van der Waals surface area contributed by atoms with Gasteiger partial charge in [-0.15, -0.1) is 0 Å². The van der Waals surface area contributed by atoms with Gasteiger partial charge in [0.25, 0.3) is 0 Å². The van der Waals surface area contributed by atoms with E-state index in [-0.39, 0.29) is 5.97 Å². The summed E-state index contributed by atoms with van der Waals surface area (Å²) in [5.41, 5.74) is 0.571. The predicted octanol–water partition coefficient (Wildman–Crippen LogP) is 2.91. The van der Waals surface area contributed by atoms with Crippen LogP contribution in [-0.2, 0) is 4.74 Å². The molecule has 18 heavy (non-hydrogen) atoms. The molecule has 0 bridgehead atoms. The van der Waals surface area contributed by atoms with Crippen LogP contribution in [0.2, 0.25) is 0 Å². The average molecular weight is 268 g/mol. The van der Waals surface area contributed by atoms with Crippen molar-refractivity contribution in [1.29, 1.82) is 0 Å². The number of thioether (sulfide) groups is 1. The van der Waals surface area contributed by atoms with Crippen LogP contribution in [-0.4, -0.2) is 34.4 Å². The Morgan fingerprint density at radius 2 is 2.28 bits per heavy atom. The Balaban J connectivity index is 1.90. The third-order valence-electron chi connectivity index (χ3n) is 3.31. The van der Waals surface area contributed by atoms with Crippen molar-refractivity contribution in [3.8, 4) is 0 Å². The van der Waals surface area contributed by atoms with E-state index >= 15 is 0 Å². The Kier molecular flexibility index (Phi) is 5.11. The molecule has 1 aromatic rings. The summed E-state index contributed by atoms with van der Waals surface area (Å²) >= 11 is 1.67. The third kappa shape index (κ3) is 3.51. The largest absolute Gasteiger partial charge is 0.461 e. The lowest BCUT2D eigenvalue weighted by Gasteiger charge is -2.21. The molecule has 1 aromatic heterocycles. The number of rotatable bonds is 5. The molecular formula is C13H20N2O2S. The Bertz CT molecular complexity index is 386. The van der Waals surface area contributed by atoms with E-state index in [9.17, 15) is 4.79 Å². The topological polar surface area (TPSA) is 44.1 Å². The molecule has 1 fully saturated rings. The zero-order chi connectivity index (χ0) is 12.8. The van der Waals surface area contributed by atoms with E-state index in [0.717, 1.165) is 5.75 Å². The van der Waals surface area contributed by atoms with E-state index in [4.69, 9.17) is 4.74 Å². The standard InChI is InChI=1S/C13H20N2O2S/c1-18-8-7-17-13(16)11-9-14-15(10-11)12-5-3-2-4-6-12/h9-10,12H,2-8H2,1H3. The molecule has 0 aliphatic heterocycles. The van der Waals surface area contributed by atoms with Crippen LogP contribution < -0.4 is 0 Å². The summed E-state index contributed by atoms with van der Waals surface area (Å²) < 4.78 is 7.09. The number of carbonyl (C=O) groups excluding carboxylic acids is 1. The lowest BCUT2D eigenvalue weighted by molar-refractivity contribution is 0.0530. The maximum Gasteiger partial charge on any atom is 0.341 e. The maximum atomic E-state index is 11.7. The molecule has 1 aliphatic rings. The quantitative estimate of drug-likeness (QED) is 0.608. The van der Waals surface area contributed by atoms with Gasteiger partial charge in [0, 0.05) is 11.9 Å². The fraction of sp³-hybridized carbons (Fsp3) is 0.692. The smallest absolute Gasteiger partial charge is 0.341 e. The summed E-state index contributed by atoms with van der Waals surface area (Å²) in [7, 11) is 0. The molecule has 0 saturated heterocycles. The van der Waals surface area contributed by atoms with Crippen LogP contribution in [0.4, 0.5) is 0 Å². The summed E-state index contributed by atoms with van der Waals surface area (Å²) in [4.78, 5) is 11.7. The van der Waals surface area contributed by atoms with Gasteiger partial charge in [0.1, 0.15) is 6.61 Å². The van der Waals surface area contributed by atoms with Gasteiger partial charge in [-0.3, -0.25) is 4.68 Å². The molecule has 4 nitrogen and oxygen atoms in total. The first-order chi connectivity index (χ1) is 8.81. The number of esters is 1. The third-order valence-corrected chi connectivity index (χ3v) is 3.88. The zero-order valence-electron chi connectivity index (χ0n) is 10.8. The number of hydrogen-bond acceptors (Lipinski definition) is 4. The van der Waals surface area contributed by atoms with E-state index in [1.807, 2.05) is 17.1 Å². The Hall–Kier alpha value is -0.970. The van der Waals surface area contributed by atoms with Crippen molar-refractivity contribution in [1.82, 2.24) is 9.78 Å². The SMILES string of the molecule is CSCCOC(=O)c1cnn(C2CCCCC2)c1. The van der Waals surface area contributed by atoms with Gasteiger partial charge >= 0.3 is 5.97 Å². The highest BCUT2D eigenvalue weighted by Crippen LogP contribution is 2.27. The van der Waals surface area contributed by atoms with Crippen LogP contribution in [0.25, 0.3) is 0 Å². The Morgan fingerprint density at radius 3 is 3.00 bits per heavy atom. The monoisotopic (exact) mass is 268 g/mol. The number of hydrogen-bond donors (Lipinski definition) is 0. The second kappa shape index (κ2) is 6.83. The van der Waals surface area contributed by atoms with E-state index < -0.39 is 0 Å². The van der Waals surface area contributed by atoms with E-state index in [0.29, 0.717) is 18.2 Å². The lowest BCUT2D eigenvalue weighted by atomic mass is 9.96. The summed E-state index contributed by atoms with van der Waals surface area (Å²) in [6.07, 6.45) is 11.6. The zero-order valence-corrected chi connectivity index (χ0v) is 11.6. The van der Waals surface area contributed by atoms with Crippen molar-refractivity contribution in [3.05, 3.63) is 18.0 Å². The minimum Gasteiger partial charge on any atom is -0.461 e. The van der Waals surface area contributed by atoms with Crippen LogP contribution in [0.3, 0.4) is 0 Å². The van der Waals surface area contributed by atoms with Gasteiger partial charge in [-0.25, -0.2) is 4.79 Å². The highest BCUT2D eigenvalue weighted by Gasteiger charge is 2.18. The average Bonchev–Trinajstić information content (AvgIpc) is 2.89. The van der Waals surface area contributed by atoms with Crippen LogP contribution in [0.5, 0.6) is 0 Å². The molecule has 2 rings (SSSR count). The van der Waals surface area contributed by atoms with Gasteiger partial charge in [-0.1, -0.05) is 19.3 Å². The van der Waals surface area contributed by atoms with Crippen molar-refractivity contribution in [3.63, 3.8) is 0 Å². The lowest BCUT2D eigenvalue weighted by Crippen LogP contribution is -2.13. The van der Waals surface area contributed by atoms with Crippen molar-refractivity contribution < 1.29 is 9.53 Å². The number of aromatic nitrogens is 2. The Morgan fingerprint density at radius 1 is 1.50 bits per heavy atom. The van der Waals surface area contributed by atoms with Crippen LogP contribution in [0.15, 0.2) is 12.4 Å². The molecule has 1 heterocycles. The Labute approximate surface area is 112 Å². The molecule has 1 aliphatic carbocycles. The molecule has 0 spiro atoms. The number of ether oxygens (including phenoxy) is 1. The second-order valence-corrected chi connectivity index (χ2v) is 5.62. The van der Waals surface area contributed by atoms with Crippen molar-refractivity contribution in [2.75, 3.05) is 18.6 Å². The van der Waals surface area contributed by atoms with Gasteiger partial charge in [0.05, 0.1) is 17.8 Å². The van der Waals surface area contributed by atoms with Crippen LogP contribution >= 0.6 is 11.8 Å². The minimum atomic E-state index is -0.258. The van der Waals surface area contributed by atoms with Gasteiger partial charge in [0.15, 0.2) is 0 Å². The van der Waals surface area contributed by atoms with Crippen LogP contribution in [0.1, 0.15) is 48.5 Å². The fourth-order valence-corrected chi connectivity index (χ4v) is 2.54. The van der Waals surface area contributed by atoms with Crippen molar-refractivity contribution in [2.45, 2.75) is 38.1 Å². The highest BCUT2D eigenvalue weighted by molar-refractivity contribution is 7.98. The van der Waals surface area contributed by atoms with E-state index in [2.05, 4.69) is 5.10 Å². The second-order valence-electron chi connectivity index (χ2n) is 4.63. The highest BCUT2D eigenvalue weighted by atomic mass is 32.2. The number of nitrogens with zero attached hydrogens (tertiary/aromatic N) is 2. The first-order valence-electron chi connectivity index (χ1n) is 6.51. The maximum absolute atomic E-state index is 11.7. The summed E-state index contributed by atoms with van der Waals surface area (Å²) in [6.45, 7) is 0.467. The summed E-state index contributed by atoms with van der Waals surface area (Å²) in [6, 6.07) is 0.464. The molecule has 100 valence electrons. The van der Waals surface area contributed by atoms with Crippen molar-refractivity contribution >= 4 is 17.7 Å². The van der Waals surface area contributed by atoms with Gasteiger partial charge in [0.2, 0.25) is 0 Å². The molecule has 0 radical (unpaired) electrons. The molecule has 5 heteroatoms. The molecule has 0 aromatic carbocycles. The van der Waals surface area contributed by atoms with Gasteiger partial charge < -0.3 is 4.74 Å². The minimum absolute atomic E-state index is 0.258. The molecule has 1 saturated carbocycles.